The zero-order valence-corrected chi connectivity index (χ0v) is 7.08. The highest BCUT2D eigenvalue weighted by molar-refractivity contribution is 5.84. The molecule has 0 bridgehead atoms. The molecule has 1 rings (SSSR count). The Bertz CT molecular complexity index is 304. The van der Waals surface area contributed by atoms with Crippen LogP contribution < -0.4 is 5.32 Å². The Morgan fingerprint density at radius 3 is 3.15 bits per heavy atom. The topological polar surface area (TPSA) is 51.2 Å². The van der Waals surface area contributed by atoms with Crippen molar-refractivity contribution >= 4 is 11.8 Å². The zero-order chi connectivity index (χ0) is 9.68. The van der Waals surface area contributed by atoms with Crippen LogP contribution in [-0.2, 0) is 4.74 Å². The summed E-state index contributed by atoms with van der Waals surface area (Å²) in [5.41, 5.74) is 0.0634. The third-order valence-corrected chi connectivity index (χ3v) is 1.28. The number of hydrogen-bond donors (Lipinski definition) is 1. The molecule has 4 nitrogen and oxygen atoms in total. The molecule has 1 amide bonds. The maximum absolute atomic E-state index is 12.9. The Kier molecular flexibility index (Phi) is 3.19. The van der Waals surface area contributed by atoms with Crippen molar-refractivity contribution in [2.75, 3.05) is 11.9 Å². The predicted octanol–water partition coefficient (Wildman–Crippen LogP) is 1.79. The summed E-state index contributed by atoms with van der Waals surface area (Å²) in [4.78, 5) is 14.4. The summed E-state index contributed by atoms with van der Waals surface area (Å²) in [6.45, 7) is 1.92. The molecule has 0 aliphatic carbocycles. The molecule has 0 fully saturated rings. The Morgan fingerprint density at radius 2 is 2.54 bits per heavy atom. The summed E-state index contributed by atoms with van der Waals surface area (Å²) in [6.07, 6.45) is 1.72. The van der Waals surface area contributed by atoms with E-state index in [9.17, 15) is 9.18 Å². The SMILES string of the molecule is CCOC(=O)Nc1ccncc1F. The molecule has 0 unspecified atom stereocenters. The number of nitrogens with one attached hydrogen (secondary N) is 1. The second kappa shape index (κ2) is 4.39. The molecule has 5 heteroatoms. The number of nitrogens with zero attached hydrogens (tertiary/aromatic N) is 1. The monoisotopic (exact) mass is 184 g/mol. The van der Waals surface area contributed by atoms with Crippen LogP contribution >= 0.6 is 0 Å². The Labute approximate surface area is 74.7 Å². The van der Waals surface area contributed by atoms with Gasteiger partial charge in [0, 0.05) is 6.20 Å². The van der Waals surface area contributed by atoms with Gasteiger partial charge >= 0.3 is 6.09 Å². The summed E-state index contributed by atoms with van der Waals surface area (Å²) < 4.78 is 17.4. The van der Waals surface area contributed by atoms with Gasteiger partial charge in [-0.25, -0.2) is 9.18 Å². The standard InChI is InChI=1S/C8H9FN2O2/c1-2-13-8(12)11-7-3-4-10-5-6(7)9/h3-5H,2H2,1H3,(H,10,11,12). The van der Waals surface area contributed by atoms with Crippen molar-refractivity contribution in [3.8, 4) is 0 Å². The van der Waals surface area contributed by atoms with Crippen molar-refractivity contribution in [1.82, 2.24) is 4.98 Å². The number of hydrogen-bond acceptors (Lipinski definition) is 3. The molecule has 0 aliphatic heterocycles. The fourth-order valence-electron chi connectivity index (χ4n) is 0.754. The van der Waals surface area contributed by atoms with E-state index in [1.807, 2.05) is 0 Å². The number of carbonyl (C=O) groups excluding carboxylic acids is 1. The van der Waals surface area contributed by atoms with Crippen LogP contribution in [0, 0.1) is 5.82 Å². The van der Waals surface area contributed by atoms with E-state index in [2.05, 4.69) is 15.0 Å². The highest BCUT2D eigenvalue weighted by atomic mass is 19.1. The lowest BCUT2D eigenvalue weighted by Gasteiger charge is -2.04. The molecule has 1 N–H and O–H groups in total. The molecule has 0 aromatic carbocycles. The fraction of sp³-hybridized carbons (Fsp3) is 0.250. The van der Waals surface area contributed by atoms with Crippen LogP contribution in [0.1, 0.15) is 6.92 Å². The number of carbonyl (C=O) groups is 1. The van der Waals surface area contributed by atoms with E-state index >= 15 is 0 Å². The van der Waals surface area contributed by atoms with Gasteiger partial charge in [-0.05, 0) is 13.0 Å². The van der Waals surface area contributed by atoms with Gasteiger partial charge in [0.1, 0.15) is 0 Å². The van der Waals surface area contributed by atoms with Crippen molar-refractivity contribution in [1.29, 1.82) is 0 Å². The highest BCUT2D eigenvalue weighted by Gasteiger charge is 2.05. The number of halogens is 1. The molecule has 0 aliphatic rings. The Balaban J connectivity index is 2.63. The third-order valence-electron chi connectivity index (χ3n) is 1.28. The highest BCUT2D eigenvalue weighted by Crippen LogP contribution is 2.10. The average Bonchev–Trinajstić information content (AvgIpc) is 2.09. The van der Waals surface area contributed by atoms with Crippen molar-refractivity contribution in [3.63, 3.8) is 0 Å². The van der Waals surface area contributed by atoms with Crippen LogP contribution in [0.25, 0.3) is 0 Å². The molecule has 13 heavy (non-hydrogen) atoms. The number of ether oxygens (including phenoxy) is 1. The largest absolute Gasteiger partial charge is 0.450 e. The molecular formula is C8H9FN2O2. The molecule has 1 heterocycles. The zero-order valence-electron chi connectivity index (χ0n) is 7.08. The van der Waals surface area contributed by atoms with E-state index in [0.717, 1.165) is 6.20 Å². The number of rotatable bonds is 2. The van der Waals surface area contributed by atoms with Gasteiger partial charge in [0.2, 0.25) is 0 Å². The first kappa shape index (κ1) is 9.44. The van der Waals surface area contributed by atoms with E-state index < -0.39 is 11.9 Å². The minimum atomic E-state index is -0.674. The summed E-state index contributed by atoms with van der Waals surface area (Å²) in [6, 6.07) is 1.35. The van der Waals surface area contributed by atoms with Gasteiger partial charge in [-0.15, -0.1) is 0 Å². The molecule has 0 spiro atoms. The maximum atomic E-state index is 12.9. The summed E-state index contributed by atoms with van der Waals surface area (Å²) in [5.74, 6) is -0.587. The van der Waals surface area contributed by atoms with Crippen LogP contribution in [0.5, 0.6) is 0 Å². The third kappa shape index (κ3) is 2.70. The molecule has 1 aromatic heterocycles. The van der Waals surface area contributed by atoms with Crippen molar-refractivity contribution in [2.45, 2.75) is 6.92 Å². The molecule has 0 saturated heterocycles. The van der Waals surface area contributed by atoms with Gasteiger partial charge in [0.25, 0.3) is 0 Å². The van der Waals surface area contributed by atoms with Crippen molar-refractivity contribution in [3.05, 3.63) is 24.3 Å². The minimum Gasteiger partial charge on any atom is -0.450 e. The van der Waals surface area contributed by atoms with Gasteiger partial charge in [-0.1, -0.05) is 0 Å². The Morgan fingerprint density at radius 1 is 1.77 bits per heavy atom. The van der Waals surface area contributed by atoms with Gasteiger partial charge in [-0.2, -0.15) is 0 Å². The van der Waals surface area contributed by atoms with Gasteiger partial charge in [0.05, 0.1) is 18.5 Å². The van der Waals surface area contributed by atoms with Crippen molar-refractivity contribution in [2.24, 2.45) is 0 Å². The number of anilines is 1. The molecule has 1 aromatic rings. The minimum absolute atomic E-state index is 0.0634. The molecule has 0 atom stereocenters. The van der Waals surface area contributed by atoms with Crippen LogP contribution in [0.2, 0.25) is 0 Å². The van der Waals surface area contributed by atoms with E-state index in [-0.39, 0.29) is 12.3 Å². The summed E-state index contributed by atoms with van der Waals surface area (Å²) in [7, 11) is 0. The van der Waals surface area contributed by atoms with Gasteiger partial charge in [0.15, 0.2) is 5.82 Å². The first-order chi connectivity index (χ1) is 6.24. The summed E-state index contributed by atoms with van der Waals surface area (Å²) >= 11 is 0. The second-order valence-electron chi connectivity index (χ2n) is 2.20. The number of pyridine rings is 1. The van der Waals surface area contributed by atoms with E-state index in [1.54, 1.807) is 6.92 Å². The lowest BCUT2D eigenvalue weighted by atomic mass is 10.4. The predicted molar refractivity (Wildman–Crippen MR) is 44.8 cm³/mol. The van der Waals surface area contributed by atoms with Crippen LogP contribution in [0.4, 0.5) is 14.9 Å². The fourth-order valence-corrected chi connectivity index (χ4v) is 0.754. The summed E-state index contributed by atoms with van der Waals surface area (Å²) in [5, 5.41) is 2.23. The van der Waals surface area contributed by atoms with E-state index in [0.29, 0.717) is 0 Å². The average molecular weight is 184 g/mol. The van der Waals surface area contributed by atoms with E-state index in [1.165, 1.54) is 12.3 Å². The van der Waals surface area contributed by atoms with Crippen LogP contribution in [0.15, 0.2) is 18.5 Å². The lowest BCUT2D eigenvalue weighted by molar-refractivity contribution is 0.168. The van der Waals surface area contributed by atoms with Gasteiger partial charge in [-0.3, -0.25) is 10.3 Å². The van der Waals surface area contributed by atoms with Crippen LogP contribution in [-0.4, -0.2) is 17.7 Å². The molecular weight excluding hydrogens is 175 g/mol. The normalized spacial score (nSPS) is 9.38. The van der Waals surface area contributed by atoms with E-state index in [4.69, 9.17) is 0 Å². The second-order valence-corrected chi connectivity index (χ2v) is 2.20. The van der Waals surface area contributed by atoms with Crippen LogP contribution in [0.3, 0.4) is 0 Å². The first-order valence-electron chi connectivity index (χ1n) is 3.77. The van der Waals surface area contributed by atoms with Gasteiger partial charge < -0.3 is 4.74 Å². The molecule has 0 radical (unpaired) electrons. The molecule has 0 saturated carbocycles. The lowest BCUT2D eigenvalue weighted by Crippen LogP contribution is -2.14. The van der Waals surface area contributed by atoms with Crippen molar-refractivity contribution < 1.29 is 13.9 Å². The number of amides is 1. The first-order valence-corrected chi connectivity index (χ1v) is 3.77. The quantitative estimate of drug-likeness (QED) is 0.762. The number of aromatic nitrogens is 1. The smallest absolute Gasteiger partial charge is 0.411 e. The maximum Gasteiger partial charge on any atom is 0.411 e. The molecule has 70 valence electrons. The Hall–Kier alpha value is -1.65.